The van der Waals surface area contributed by atoms with E-state index in [1.807, 2.05) is 23.2 Å². The predicted molar refractivity (Wildman–Crippen MR) is 109 cm³/mol. The van der Waals surface area contributed by atoms with E-state index in [0.717, 1.165) is 44.2 Å². The fourth-order valence-corrected chi connectivity index (χ4v) is 3.20. The van der Waals surface area contributed by atoms with Crippen molar-refractivity contribution in [3.8, 4) is 0 Å². The first-order valence-electron chi connectivity index (χ1n) is 9.38. The molecule has 1 aromatic carbocycles. The molecule has 4 rings (SSSR count). The molecule has 0 saturated carbocycles. The largest absolute Gasteiger partial charge is 0.370 e. The van der Waals surface area contributed by atoms with Gasteiger partial charge in [0.05, 0.1) is 12.9 Å². The number of nitrogens with two attached hydrogens (primary N) is 1. The van der Waals surface area contributed by atoms with Crippen molar-refractivity contribution in [2.24, 2.45) is 10.7 Å². The fraction of sp³-hybridized carbons (Fsp3) is 0.300. The van der Waals surface area contributed by atoms with Crippen LogP contribution in [-0.2, 0) is 13.1 Å². The monoisotopic (exact) mass is 376 g/mol. The van der Waals surface area contributed by atoms with E-state index in [9.17, 15) is 0 Å². The number of hydrogen-bond donors (Lipinski definition) is 1. The van der Waals surface area contributed by atoms with Crippen molar-refractivity contribution in [1.82, 2.24) is 24.4 Å². The average molecular weight is 376 g/mol. The van der Waals surface area contributed by atoms with Crippen LogP contribution in [0.25, 0.3) is 0 Å². The van der Waals surface area contributed by atoms with Crippen LogP contribution in [0.1, 0.15) is 11.1 Å². The molecule has 1 saturated heterocycles. The Hall–Kier alpha value is -3.42. The Morgan fingerprint density at radius 2 is 1.68 bits per heavy atom. The molecule has 3 aromatic rings. The molecular weight excluding hydrogens is 352 g/mol. The molecule has 0 bridgehead atoms. The minimum absolute atomic E-state index is 0.583. The molecule has 28 heavy (non-hydrogen) atoms. The SMILES string of the molecule is NC(=NCc1ccc(Cn2ccnc2)cc1)N1CCN(c2ncccn2)CC1. The molecule has 3 heterocycles. The molecule has 1 aliphatic rings. The molecule has 0 spiro atoms. The molecule has 1 fully saturated rings. The first-order chi connectivity index (χ1) is 13.8. The zero-order valence-electron chi connectivity index (χ0n) is 15.7. The molecule has 2 aromatic heterocycles. The number of piperazine rings is 1. The summed E-state index contributed by atoms with van der Waals surface area (Å²) in [5, 5.41) is 0. The highest BCUT2D eigenvalue weighted by molar-refractivity contribution is 5.78. The fourth-order valence-electron chi connectivity index (χ4n) is 3.20. The maximum atomic E-state index is 6.22. The number of rotatable bonds is 5. The van der Waals surface area contributed by atoms with Gasteiger partial charge in [0.25, 0.3) is 0 Å². The minimum Gasteiger partial charge on any atom is -0.370 e. The molecule has 0 atom stereocenters. The van der Waals surface area contributed by atoms with Crippen LogP contribution in [0.5, 0.6) is 0 Å². The van der Waals surface area contributed by atoms with Gasteiger partial charge in [0, 0.05) is 57.5 Å². The Labute approximate surface area is 164 Å². The second kappa shape index (κ2) is 8.51. The first kappa shape index (κ1) is 18.0. The molecule has 1 aliphatic heterocycles. The zero-order chi connectivity index (χ0) is 19.2. The standard InChI is InChI=1S/C20H24N8/c21-19(27-10-12-28(13-11-27)20-23-6-1-7-24-20)25-14-17-2-4-18(5-3-17)15-26-9-8-22-16-26/h1-9,16H,10-15H2,(H2,21,25). The Kier molecular flexibility index (Phi) is 5.46. The molecule has 8 nitrogen and oxygen atoms in total. The smallest absolute Gasteiger partial charge is 0.225 e. The number of aromatic nitrogens is 4. The van der Waals surface area contributed by atoms with E-state index >= 15 is 0 Å². The summed E-state index contributed by atoms with van der Waals surface area (Å²) in [6.45, 7) is 4.71. The molecule has 144 valence electrons. The van der Waals surface area contributed by atoms with Crippen molar-refractivity contribution < 1.29 is 0 Å². The Morgan fingerprint density at radius 1 is 0.964 bits per heavy atom. The Bertz CT molecular complexity index is 882. The van der Waals surface area contributed by atoms with Gasteiger partial charge in [0.15, 0.2) is 5.96 Å². The summed E-state index contributed by atoms with van der Waals surface area (Å²) in [7, 11) is 0. The molecule has 0 amide bonds. The highest BCUT2D eigenvalue weighted by atomic mass is 15.3. The number of guanidine groups is 1. The zero-order valence-corrected chi connectivity index (χ0v) is 15.7. The summed E-state index contributed by atoms with van der Waals surface area (Å²) in [5.74, 6) is 1.37. The van der Waals surface area contributed by atoms with E-state index < -0.39 is 0 Å². The third kappa shape index (κ3) is 4.46. The third-order valence-electron chi connectivity index (χ3n) is 4.81. The van der Waals surface area contributed by atoms with Crippen LogP contribution >= 0.6 is 0 Å². The average Bonchev–Trinajstić information content (AvgIpc) is 3.27. The van der Waals surface area contributed by atoms with Gasteiger partial charge in [0.2, 0.25) is 5.95 Å². The van der Waals surface area contributed by atoms with Gasteiger partial charge in [-0.1, -0.05) is 24.3 Å². The topological polar surface area (TPSA) is 88.5 Å². The quantitative estimate of drug-likeness (QED) is 0.534. The highest BCUT2D eigenvalue weighted by Crippen LogP contribution is 2.11. The summed E-state index contributed by atoms with van der Waals surface area (Å²) < 4.78 is 2.05. The second-order valence-electron chi connectivity index (χ2n) is 6.75. The predicted octanol–water partition coefficient (Wildman–Crippen LogP) is 1.36. The number of aliphatic imine (C=N–C) groups is 1. The lowest BCUT2D eigenvalue weighted by atomic mass is 10.1. The second-order valence-corrected chi connectivity index (χ2v) is 6.75. The number of hydrogen-bond acceptors (Lipinski definition) is 5. The third-order valence-corrected chi connectivity index (χ3v) is 4.81. The van der Waals surface area contributed by atoms with Gasteiger partial charge in [-0.3, -0.25) is 0 Å². The van der Waals surface area contributed by atoms with E-state index in [4.69, 9.17) is 5.73 Å². The maximum absolute atomic E-state index is 6.22. The van der Waals surface area contributed by atoms with Gasteiger partial charge in [-0.15, -0.1) is 0 Å². The lowest BCUT2D eigenvalue weighted by Gasteiger charge is -2.35. The van der Waals surface area contributed by atoms with Crippen LogP contribution in [0.4, 0.5) is 5.95 Å². The van der Waals surface area contributed by atoms with Crippen molar-refractivity contribution in [2.45, 2.75) is 13.1 Å². The van der Waals surface area contributed by atoms with Crippen molar-refractivity contribution in [2.75, 3.05) is 31.1 Å². The number of anilines is 1. The van der Waals surface area contributed by atoms with Gasteiger partial charge >= 0.3 is 0 Å². The minimum atomic E-state index is 0.583. The van der Waals surface area contributed by atoms with Crippen molar-refractivity contribution >= 4 is 11.9 Å². The first-order valence-corrected chi connectivity index (χ1v) is 9.38. The molecule has 8 heteroatoms. The van der Waals surface area contributed by atoms with Crippen LogP contribution < -0.4 is 10.6 Å². The number of imidazole rings is 1. The molecule has 0 unspecified atom stereocenters. The summed E-state index contributed by atoms with van der Waals surface area (Å²) in [4.78, 5) is 21.5. The Balaban J connectivity index is 1.29. The van der Waals surface area contributed by atoms with Crippen LogP contribution in [0.15, 0.2) is 66.4 Å². The van der Waals surface area contributed by atoms with Crippen molar-refractivity contribution in [1.29, 1.82) is 0 Å². The van der Waals surface area contributed by atoms with E-state index in [-0.39, 0.29) is 0 Å². The van der Waals surface area contributed by atoms with Crippen molar-refractivity contribution in [3.63, 3.8) is 0 Å². The lowest BCUT2D eigenvalue weighted by molar-refractivity contribution is 0.378. The molecule has 0 radical (unpaired) electrons. The summed E-state index contributed by atoms with van der Waals surface area (Å²) in [6.07, 6.45) is 9.11. The van der Waals surface area contributed by atoms with Crippen LogP contribution in [0.2, 0.25) is 0 Å². The van der Waals surface area contributed by atoms with Gasteiger partial charge in [-0.05, 0) is 17.2 Å². The van der Waals surface area contributed by atoms with E-state index in [0.29, 0.717) is 12.5 Å². The van der Waals surface area contributed by atoms with E-state index in [1.54, 1.807) is 18.6 Å². The summed E-state index contributed by atoms with van der Waals surface area (Å²) >= 11 is 0. The van der Waals surface area contributed by atoms with Gasteiger partial charge in [0.1, 0.15) is 0 Å². The highest BCUT2D eigenvalue weighted by Gasteiger charge is 2.19. The van der Waals surface area contributed by atoms with E-state index in [1.165, 1.54) is 5.56 Å². The normalized spacial score (nSPS) is 15.1. The Morgan fingerprint density at radius 3 is 2.36 bits per heavy atom. The molecule has 0 aliphatic carbocycles. The van der Waals surface area contributed by atoms with E-state index in [2.05, 4.69) is 54.0 Å². The summed E-state index contributed by atoms with van der Waals surface area (Å²) in [6, 6.07) is 10.3. The van der Waals surface area contributed by atoms with Crippen molar-refractivity contribution in [3.05, 3.63) is 72.6 Å². The molecule has 2 N–H and O–H groups in total. The number of nitrogens with zero attached hydrogens (tertiary/aromatic N) is 7. The molecular formula is C20H24N8. The van der Waals surface area contributed by atoms with Crippen LogP contribution in [-0.4, -0.2) is 56.6 Å². The van der Waals surface area contributed by atoms with Gasteiger partial charge in [-0.25, -0.2) is 19.9 Å². The van der Waals surface area contributed by atoms with Crippen LogP contribution in [0, 0.1) is 0 Å². The van der Waals surface area contributed by atoms with Crippen LogP contribution in [0.3, 0.4) is 0 Å². The number of benzene rings is 1. The maximum Gasteiger partial charge on any atom is 0.225 e. The van der Waals surface area contributed by atoms with Gasteiger partial charge < -0.3 is 20.1 Å². The van der Waals surface area contributed by atoms with Gasteiger partial charge in [-0.2, -0.15) is 0 Å². The summed E-state index contributed by atoms with van der Waals surface area (Å²) in [5.41, 5.74) is 8.60. The lowest BCUT2D eigenvalue weighted by Crippen LogP contribution is -2.51.